The molecular weight excluding hydrogens is 324 g/mol. The molecule has 0 radical (unpaired) electrons. The molecular formula is C18H22N2O3S. The molecule has 1 aliphatic heterocycles. The molecule has 1 unspecified atom stereocenters. The summed E-state index contributed by atoms with van der Waals surface area (Å²) in [5.74, 6) is 0.785. The van der Waals surface area contributed by atoms with Crippen LogP contribution in [0.1, 0.15) is 11.6 Å². The lowest BCUT2D eigenvalue weighted by Gasteiger charge is -2.39. The van der Waals surface area contributed by atoms with Gasteiger partial charge >= 0.3 is 0 Å². The van der Waals surface area contributed by atoms with Crippen LogP contribution in [-0.2, 0) is 10.0 Å². The van der Waals surface area contributed by atoms with Crippen LogP contribution < -0.4 is 4.74 Å². The van der Waals surface area contributed by atoms with E-state index in [1.54, 1.807) is 35.7 Å². The van der Waals surface area contributed by atoms with Crippen molar-refractivity contribution >= 4 is 10.0 Å². The number of methoxy groups -OCH3 is 1. The van der Waals surface area contributed by atoms with Crippen molar-refractivity contribution in [3.63, 3.8) is 0 Å². The molecule has 1 heterocycles. The van der Waals surface area contributed by atoms with Gasteiger partial charge in [0.15, 0.2) is 0 Å². The molecule has 2 aromatic carbocycles. The predicted octanol–water partition coefficient (Wildman–Crippen LogP) is 2.37. The van der Waals surface area contributed by atoms with Crippen molar-refractivity contribution in [3.05, 3.63) is 60.2 Å². The molecule has 2 aromatic rings. The number of sulfonamides is 1. The maximum atomic E-state index is 12.9. The lowest BCUT2D eigenvalue weighted by molar-refractivity contribution is 0.146. The quantitative estimate of drug-likeness (QED) is 0.853. The van der Waals surface area contributed by atoms with Crippen molar-refractivity contribution in [1.82, 2.24) is 9.21 Å². The first-order chi connectivity index (χ1) is 11.5. The molecule has 1 atom stereocenters. The Labute approximate surface area is 143 Å². The molecule has 0 amide bonds. The molecule has 0 aliphatic carbocycles. The predicted molar refractivity (Wildman–Crippen MR) is 93.6 cm³/mol. The fraction of sp³-hybridized carbons (Fsp3) is 0.333. The van der Waals surface area contributed by atoms with Gasteiger partial charge in [0.25, 0.3) is 0 Å². The van der Waals surface area contributed by atoms with Gasteiger partial charge in [-0.1, -0.05) is 36.4 Å². The molecule has 0 N–H and O–H groups in total. The molecule has 6 heteroatoms. The van der Waals surface area contributed by atoms with Gasteiger partial charge in [-0.05, 0) is 25.2 Å². The van der Waals surface area contributed by atoms with Gasteiger partial charge in [0.05, 0.1) is 18.0 Å². The zero-order chi connectivity index (χ0) is 17.2. The Morgan fingerprint density at radius 1 is 1.00 bits per heavy atom. The Balaban J connectivity index is 1.91. The van der Waals surface area contributed by atoms with Crippen LogP contribution >= 0.6 is 0 Å². The van der Waals surface area contributed by atoms with Gasteiger partial charge in [-0.15, -0.1) is 0 Å². The average molecular weight is 346 g/mol. The summed E-state index contributed by atoms with van der Waals surface area (Å²) in [7, 11) is 0.176. The third-order valence-electron chi connectivity index (χ3n) is 4.49. The minimum absolute atomic E-state index is 0.0339. The largest absolute Gasteiger partial charge is 0.496 e. The number of ether oxygens (including phenoxy) is 1. The lowest BCUT2D eigenvalue weighted by atomic mass is 10.0. The third-order valence-corrected chi connectivity index (χ3v) is 6.37. The average Bonchev–Trinajstić information content (AvgIpc) is 2.62. The lowest BCUT2D eigenvalue weighted by Crippen LogP contribution is -2.48. The molecule has 24 heavy (non-hydrogen) atoms. The van der Waals surface area contributed by atoms with Gasteiger partial charge in [0.2, 0.25) is 10.0 Å². The molecule has 0 aromatic heterocycles. The highest BCUT2D eigenvalue weighted by molar-refractivity contribution is 7.89. The van der Waals surface area contributed by atoms with Gasteiger partial charge in [0, 0.05) is 25.2 Å². The zero-order valence-electron chi connectivity index (χ0n) is 13.9. The zero-order valence-corrected chi connectivity index (χ0v) is 14.7. The molecule has 128 valence electrons. The van der Waals surface area contributed by atoms with Gasteiger partial charge in [0.1, 0.15) is 5.75 Å². The van der Waals surface area contributed by atoms with Crippen molar-refractivity contribution in [3.8, 4) is 5.75 Å². The van der Waals surface area contributed by atoms with Gasteiger partial charge < -0.3 is 4.74 Å². The molecule has 3 rings (SSSR count). The summed E-state index contributed by atoms with van der Waals surface area (Å²) in [5, 5.41) is 0. The van der Waals surface area contributed by atoms with Crippen LogP contribution in [0, 0.1) is 0 Å². The fourth-order valence-electron chi connectivity index (χ4n) is 3.09. The number of nitrogens with zero attached hydrogens (tertiary/aromatic N) is 2. The number of piperazine rings is 1. The van der Waals surface area contributed by atoms with E-state index in [0.29, 0.717) is 24.5 Å². The maximum absolute atomic E-state index is 12.9. The highest BCUT2D eigenvalue weighted by atomic mass is 32.2. The van der Waals surface area contributed by atoms with Crippen LogP contribution in [0.25, 0.3) is 0 Å². The van der Waals surface area contributed by atoms with E-state index < -0.39 is 10.0 Å². The van der Waals surface area contributed by atoms with Crippen molar-refractivity contribution < 1.29 is 13.2 Å². The topological polar surface area (TPSA) is 49.9 Å². The Hall–Kier alpha value is -1.89. The smallest absolute Gasteiger partial charge is 0.243 e. The number of hydrogen-bond donors (Lipinski definition) is 0. The van der Waals surface area contributed by atoms with E-state index in [9.17, 15) is 8.42 Å². The van der Waals surface area contributed by atoms with Crippen LogP contribution in [0.2, 0.25) is 0 Å². The summed E-state index contributed by atoms with van der Waals surface area (Å²) in [4.78, 5) is 2.52. The first-order valence-corrected chi connectivity index (χ1v) is 9.36. The second kappa shape index (κ2) is 6.93. The molecule has 1 aliphatic rings. The molecule has 1 fully saturated rings. The molecule has 1 saturated heterocycles. The SMILES string of the molecule is COc1ccccc1C1CN(S(=O)(=O)c2ccccc2)CCN1C. The maximum Gasteiger partial charge on any atom is 0.243 e. The Morgan fingerprint density at radius 2 is 1.67 bits per heavy atom. The number of para-hydroxylation sites is 1. The Morgan fingerprint density at radius 3 is 2.38 bits per heavy atom. The minimum atomic E-state index is -3.48. The molecule has 0 bridgehead atoms. The Kier molecular flexibility index (Phi) is 4.89. The van der Waals surface area contributed by atoms with E-state index >= 15 is 0 Å². The van der Waals surface area contributed by atoms with Gasteiger partial charge in [-0.2, -0.15) is 4.31 Å². The van der Waals surface area contributed by atoms with E-state index in [0.717, 1.165) is 11.3 Å². The normalized spacial score (nSPS) is 20.0. The Bertz CT molecular complexity index is 793. The monoisotopic (exact) mass is 346 g/mol. The van der Waals surface area contributed by atoms with E-state index in [4.69, 9.17) is 4.74 Å². The van der Waals surface area contributed by atoms with E-state index in [1.807, 2.05) is 37.4 Å². The second-order valence-corrected chi connectivity index (χ2v) is 7.85. The molecule has 5 nitrogen and oxygen atoms in total. The fourth-order valence-corrected chi connectivity index (χ4v) is 4.54. The van der Waals surface area contributed by atoms with Crippen LogP contribution in [0.4, 0.5) is 0 Å². The van der Waals surface area contributed by atoms with Crippen LogP contribution in [-0.4, -0.2) is 51.4 Å². The minimum Gasteiger partial charge on any atom is -0.496 e. The van der Waals surface area contributed by atoms with Crippen LogP contribution in [0.15, 0.2) is 59.5 Å². The number of hydrogen-bond acceptors (Lipinski definition) is 4. The second-order valence-electron chi connectivity index (χ2n) is 5.91. The summed E-state index contributed by atoms with van der Waals surface area (Å²) in [6.07, 6.45) is 0. The van der Waals surface area contributed by atoms with Crippen molar-refractivity contribution in [2.75, 3.05) is 33.8 Å². The van der Waals surface area contributed by atoms with E-state index in [1.165, 1.54) is 0 Å². The number of rotatable bonds is 4. The van der Waals surface area contributed by atoms with Crippen molar-refractivity contribution in [1.29, 1.82) is 0 Å². The van der Waals surface area contributed by atoms with Gasteiger partial charge in [-0.3, -0.25) is 4.90 Å². The van der Waals surface area contributed by atoms with Crippen LogP contribution in [0.3, 0.4) is 0 Å². The van der Waals surface area contributed by atoms with E-state index in [2.05, 4.69) is 4.90 Å². The molecule has 0 spiro atoms. The number of likely N-dealkylation sites (N-methyl/N-ethyl adjacent to an activating group) is 1. The van der Waals surface area contributed by atoms with E-state index in [-0.39, 0.29) is 6.04 Å². The van der Waals surface area contributed by atoms with Crippen LogP contribution in [0.5, 0.6) is 5.75 Å². The summed E-state index contributed by atoms with van der Waals surface area (Å²) in [5.41, 5.74) is 1.01. The number of benzene rings is 2. The third kappa shape index (κ3) is 3.17. The summed E-state index contributed by atoms with van der Waals surface area (Å²) in [6.45, 7) is 1.57. The standard InChI is InChI=1S/C18H22N2O3S/c1-19-12-13-20(24(21,22)15-8-4-3-5-9-15)14-17(19)16-10-6-7-11-18(16)23-2/h3-11,17H,12-14H2,1-2H3. The van der Waals surface area contributed by atoms with Crippen molar-refractivity contribution in [2.45, 2.75) is 10.9 Å². The summed E-state index contributed by atoms with van der Waals surface area (Å²) < 4.78 is 32.8. The highest BCUT2D eigenvalue weighted by Gasteiger charge is 2.34. The molecule has 0 saturated carbocycles. The summed E-state index contributed by atoms with van der Waals surface area (Å²) in [6, 6.07) is 16.4. The first-order valence-electron chi connectivity index (χ1n) is 7.92. The highest BCUT2D eigenvalue weighted by Crippen LogP contribution is 2.32. The summed E-state index contributed by atoms with van der Waals surface area (Å²) >= 11 is 0. The first kappa shape index (κ1) is 17.0. The van der Waals surface area contributed by atoms with Gasteiger partial charge in [-0.25, -0.2) is 8.42 Å². The van der Waals surface area contributed by atoms with Crippen molar-refractivity contribution in [2.24, 2.45) is 0 Å².